The van der Waals surface area contributed by atoms with Crippen LogP contribution >= 0.6 is 0 Å². The zero-order chi connectivity index (χ0) is 25.2. The molecule has 1 aromatic heterocycles. The van der Waals surface area contributed by atoms with Crippen LogP contribution in [0.5, 0.6) is 5.75 Å². The molecule has 3 aromatic rings. The number of benzene rings is 2. The summed E-state index contributed by atoms with van der Waals surface area (Å²) in [5.74, 6) is 0.0667. The van der Waals surface area contributed by atoms with Gasteiger partial charge in [-0.05, 0) is 75.9 Å². The van der Waals surface area contributed by atoms with Crippen molar-refractivity contribution in [3.8, 4) is 16.9 Å². The molecule has 3 N–H and O–H groups in total. The molecule has 0 bridgehead atoms. The molecule has 4 rings (SSSR count). The highest BCUT2D eigenvalue weighted by molar-refractivity contribution is 5.92. The number of carboxylic acid groups (broad SMARTS) is 1. The largest absolute Gasteiger partial charge is 0.496 e. The average Bonchev–Trinajstić information content (AvgIpc) is 3.23. The number of methoxy groups -OCH3 is 1. The Bertz CT molecular complexity index is 1250. The Morgan fingerprint density at radius 3 is 2.57 bits per heavy atom. The van der Waals surface area contributed by atoms with Gasteiger partial charge in [-0.1, -0.05) is 6.07 Å². The number of nitrogens with zero attached hydrogens (tertiary/aromatic N) is 2. The molecule has 9 heteroatoms. The van der Waals surface area contributed by atoms with Gasteiger partial charge in [-0.3, -0.25) is 0 Å². The zero-order valence-electron chi connectivity index (χ0n) is 20.3. The first-order valence-corrected chi connectivity index (χ1v) is 11.6. The Labute approximate surface area is 203 Å². The number of carbonyl (C=O) groups excluding carboxylic acids is 1. The summed E-state index contributed by atoms with van der Waals surface area (Å²) in [6.45, 7) is 5.51. The van der Waals surface area contributed by atoms with Crippen LogP contribution in [0.1, 0.15) is 50.4 Å². The molecule has 2 aromatic carbocycles. The van der Waals surface area contributed by atoms with E-state index in [2.05, 4.69) is 20.6 Å². The van der Waals surface area contributed by atoms with Crippen molar-refractivity contribution >= 4 is 28.9 Å². The van der Waals surface area contributed by atoms with E-state index >= 15 is 0 Å². The van der Waals surface area contributed by atoms with Crippen molar-refractivity contribution in [2.75, 3.05) is 12.4 Å². The smallest absolute Gasteiger partial charge is 0.407 e. The Hall–Kier alpha value is -3.88. The normalized spacial score (nSPS) is 17.7. The maximum Gasteiger partial charge on any atom is 0.407 e. The highest BCUT2D eigenvalue weighted by atomic mass is 16.6. The van der Waals surface area contributed by atoms with Gasteiger partial charge in [0.05, 0.1) is 24.2 Å². The van der Waals surface area contributed by atoms with E-state index in [1.807, 2.05) is 39.0 Å². The summed E-state index contributed by atoms with van der Waals surface area (Å²) in [4.78, 5) is 32.7. The third-order valence-electron chi connectivity index (χ3n) is 5.87. The molecule has 9 nitrogen and oxygen atoms in total. The van der Waals surface area contributed by atoms with E-state index < -0.39 is 17.7 Å². The van der Waals surface area contributed by atoms with E-state index in [4.69, 9.17) is 9.47 Å². The fourth-order valence-corrected chi connectivity index (χ4v) is 4.27. The van der Waals surface area contributed by atoms with Gasteiger partial charge in [-0.15, -0.1) is 0 Å². The van der Waals surface area contributed by atoms with Crippen molar-refractivity contribution in [2.24, 2.45) is 0 Å². The van der Waals surface area contributed by atoms with E-state index in [9.17, 15) is 14.7 Å². The molecule has 0 radical (unpaired) electrons. The second-order valence-electron chi connectivity index (χ2n) is 9.62. The topological polar surface area (TPSA) is 123 Å². The van der Waals surface area contributed by atoms with Crippen molar-refractivity contribution < 1.29 is 24.2 Å². The molecule has 2 atom stereocenters. The van der Waals surface area contributed by atoms with Gasteiger partial charge in [-0.2, -0.15) is 0 Å². The van der Waals surface area contributed by atoms with Gasteiger partial charge in [0.15, 0.2) is 0 Å². The molecule has 1 aliphatic carbocycles. The van der Waals surface area contributed by atoms with Gasteiger partial charge in [0, 0.05) is 23.2 Å². The van der Waals surface area contributed by atoms with Gasteiger partial charge in [0.1, 0.15) is 11.4 Å². The Morgan fingerprint density at radius 2 is 1.86 bits per heavy atom. The first-order valence-electron chi connectivity index (χ1n) is 11.6. The number of hydrogen-bond acceptors (Lipinski definition) is 7. The molecule has 1 amide bonds. The van der Waals surface area contributed by atoms with Crippen molar-refractivity contribution in [3.63, 3.8) is 0 Å². The molecule has 1 aliphatic rings. The highest BCUT2D eigenvalue weighted by Gasteiger charge is 2.30. The Kier molecular flexibility index (Phi) is 6.77. The lowest BCUT2D eigenvalue weighted by Gasteiger charge is -2.25. The number of alkyl carbamates (subject to hydrolysis) is 1. The van der Waals surface area contributed by atoms with Crippen LogP contribution in [0.2, 0.25) is 0 Å². The lowest BCUT2D eigenvalue weighted by molar-refractivity contribution is 0.0502. The van der Waals surface area contributed by atoms with E-state index in [-0.39, 0.29) is 17.6 Å². The van der Waals surface area contributed by atoms with E-state index in [1.54, 1.807) is 25.4 Å². The van der Waals surface area contributed by atoms with Gasteiger partial charge >= 0.3 is 12.1 Å². The Morgan fingerprint density at radius 1 is 1.09 bits per heavy atom. The van der Waals surface area contributed by atoms with Crippen molar-refractivity contribution in [1.82, 2.24) is 15.3 Å². The number of amides is 1. The van der Waals surface area contributed by atoms with Gasteiger partial charge < -0.3 is 25.2 Å². The number of fused-ring (bicyclic) bond motifs is 1. The average molecular weight is 479 g/mol. The van der Waals surface area contributed by atoms with Crippen LogP contribution in [0.15, 0.2) is 42.6 Å². The van der Waals surface area contributed by atoms with Gasteiger partial charge in [0.25, 0.3) is 0 Å². The summed E-state index contributed by atoms with van der Waals surface area (Å²) in [5.41, 5.74) is 1.86. The summed E-state index contributed by atoms with van der Waals surface area (Å²) < 4.78 is 10.8. The second kappa shape index (κ2) is 9.77. The van der Waals surface area contributed by atoms with E-state index in [0.29, 0.717) is 17.3 Å². The van der Waals surface area contributed by atoms with Crippen molar-refractivity contribution in [3.05, 3.63) is 48.2 Å². The fourth-order valence-electron chi connectivity index (χ4n) is 4.27. The van der Waals surface area contributed by atoms with Gasteiger partial charge in [-0.25, -0.2) is 19.6 Å². The standard InChI is InChI=1S/C26H30N4O5/c1-26(2,3)35-25(33)30-21-7-5-6-20(21)29-24-27-14-17-12-15(8-10-19(17)28-24)18-13-16(23(31)32)9-11-22(18)34-4/h8-14,20-21H,5-7H2,1-4H3,(H,30,33)(H,31,32)(H,27,28,29). The summed E-state index contributed by atoms with van der Waals surface area (Å²) in [6, 6.07) is 10.3. The lowest BCUT2D eigenvalue weighted by Crippen LogP contribution is -2.45. The second-order valence-corrected chi connectivity index (χ2v) is 9.62. The third-order valence-corrected chi connectivity index (χ3v) is 5.87. The van der Waals surface area contributed by atoms with Crippen LogP contribution in [0.3, 0.4) is 0 Å². The molecule has 1 saturated carbocycles. The van der Waals surface area contributed by atoms with Crippen LogP contribution in [0.25, 0.3) is 22.0 Å². The number of carboxylic acids is 1. The van der Waals surface area contributed by atoms with E-state index in [1.165, 1.54) is 6.07 Å². The molecular weight excluding hydrogens is 448 g/mol. The van der Waals surface area contributed by atoms with Crippen LogP contribution in [0, 0.1) is 0 Å². The Balaban J connectivity index is 1.52. The molecule has 184 valence electrons. The molecule has 0 aliphatic heterocycles. The maximum absolute atomic E-state index is 12.2. The van der Waals surface area contributed by atoms with Crippen LogP contribution in [0.4, 0.5) is 10.7 Å². The summed E-state index contributed by atoms with van der Waals surface area (Å²) in [7, 11) is 1.55. The minimum Gasteiger partial charge on any atom is -0.496 e. The summed E-state index contributed by atoms with van der Waals surface area (Å²) in [5, 5.41) is 16.5. The quantitative estimate of drug-likeness (QED) is 0.459. The molecule has 1 fully saturated rings. The molecule has 0 spiro atoms. The molecule has 0 saturated heterocycles. The first-order chi connectivity index (χ1) is 16.6. The van der Waals surface area contributed by atoms with Crippen LogP contribution < -0.4 is 15.4 Å². The minimum absolute atomic E-state index is 0.00209. The lowest BCUT2D eigenvalue weighted by atomic mass is 10.0. The van der Waals surface area contributed by atoms with Gasteiger partial charge in [0.2, 0.25) is 5.95 Å². The first kappa shape index (κ1) is 24.3. The minimum atomic E-state index is -1.000. The fraction of sp³-hybridized carbons (Fsp3) is 0.385. The number of ether oxygens (including phenoxy) is 2. The molecule has 1 heterocycles. The van der Waals surface area contributed by atoms with Crippen molar-refractivity contribution in [2.45, 2.75) is 57.7 Å². The SMILES string of the molecule is COc1ccc(C(=O)O)cc1-c1ccc2nc(NC3CCCC3NC(=O)OC(C)(C)C)ncc2c1. The molecule has 2 unspecified atom stereocenters. The monoisotopic (exact) mass is 478 g/mol. The number of rotatable bonds is 6. The highest BCUT2D eigenvalue weighted by Crippen LogP contribution is 2.33. The maximum atomic E-state index is 12.2. The number of hydrogen-bond donors (Lipinski definition) is 3. The van der Waals surface area contributed by atoms with Crippen LogP contribution in [-0.4, -0.2) is 51.9 Å². The summed E-state index contributed by atoms with van der Waals surface area (Å²) in [6.07, 6.45) is 4.02. The van der Waals surface area contributed by atoms with E-state index in [0.717, 1.165) is 35.7 Å². The number of anilines is 1. The predicted molar refractivity (Wildman–Crippen MR) is 133 cm³/mol. The number of carbonyl (C=O) groups is 2. The molecule has 35 heavy (non-hydrogen) atoms. The molecular formula is C26H30N4O5. The van der Waals surface area contributed by atoms with Crippen LogP contribution in [-0.2, 0) is 4.74 Å². The number of aromatic nitrogens is 2. The number of nitrogens with one attached hydrogen (secondary N) is 2. The summed E-state index contributed by atoms with van der Waals surface area (Å²) >= 11 is 0. The van der Waals surface area contributed by atoms with Crippen molar-refractivity contribution in [1.29, 1.82) is 0 Å². The third kappa shape index (κ3) is 5.79. The zero-order valence-corrected chi connectivity index (χ0v) is 20.3. The predicted octanol–water partition coefficient (Wildman–Crippen LogP) is 4.86. The number of aromatic carboxylic acids is 1.